The Bertz CT molecular complexity index is 1050. The number of carbonyl (C=O) groups is 1. The molecule has 0 bridgehead atoms. The van der Waals surface area contributed by atoms with E-state index in [0.717, 1.165) is 18.4 Å². The molecule has 0 aliphatic heterocycles. The highest BCUT2D eigenvalue weighted by Gasteiger charge is 2.37. The Morgan fingerprint density at radius 3 is 2.07 bits per heavy atom. The van der Waals surface area contributed by atoms with Crippen LogP contribution in [-0.2, 0) is 20.9 Å². The summed E-state index contributed by atoms with van der Waals surface area (Å²) in [5, 5.41) is 5.10. The van der Waals surface area contributed by atoms with Gasteiger partial charge < -0.3 is 0 Å². The van der Waals surface area contributed by atoms with E-state index in [1.165, 1.54) is 29.3 Å². The Labute approximate surface area is 167 Å². The van der Waals surface area contributed by atoms with Crippen molar-refractivity contribution in [3.63, 3.8) is 0 Å². The minimum Gasteiger partial charge on any atom is -0.289 e. The van der Waals surface area contributed by atoms with Crippen molar-refractivity contribution in [3.05, 3.63) is 70.8 Å². The first-order valence-electron chi connectivity index (χ1n) is 9.40. The molecule has 0 radical (unpaired) electrons. The monoisotopic (exact) mass is 397 g/mol. The average molecular weight is 398 g/mol. The minimum absolute atomic E-state index is 0.0500. The first kappa shape index (κ1) is 20.5. The number of carbonyl (C=O) groups excluding carboxylic acids is 1. The normalized spacial score (nSPS) is 18.0. The molecular formula is C23H27NO3S. The highest BCUT2D eigenvalue weighted by molar-refractivity contribution is 7.89. The van der Waals surface area contributed by atoms with Gasteiger partial charge in [-0.25, -0.2) is 13.6 Å². The van der Waals surface area contributed by atoms with Crippen molar-refractivity contribution >= 4 is 21.9 Å². The number of hydrogen-bond donors (Lipinski definition) is 1. The molecule has 3 rings (SSSR count). The smallest absolute Gasteiger partial charge is 0.238 e. The zero-order chi connectivity index (χ0) is 20.7. The molecule has 148 valence electrons. The van der Waals surface area contributed by atoms with E-state index in [1.807, 2.05) is 12.1 Å². The Balaban J connectivity index is 1.87. The topological polar surface area (TPSA) is 77.2 Å². The second-order valence-electron chi connectivity index (χ2n) is 8.84. The van der Waals surface area contributed by atoms with Crippen LogP contribution in [0.5, 0.6) is 0 Å². The van der Waals surface area contributed by atoms with Crippen LogP contribution in [-0.4, -0.2) is 14.2 Å². The number of hydrogen-bond acceptors (Lipinski definition) is 3. The SMILES string of the molecule is CC1(C)CCC(C)(C)c2cc(C(=O)C=Cc3ccc(S(N)(=O)=O)cc3)ccc21. The fourth-order valence-electron chi connectivity index (χ4n) is 3.78. The third kappa shape index (κ3) is 4.10. The zero-order valence-corrected chi connectivity index (χ0v) is 17.6. The molecule has 2 aromatic rings. The lowest BCUT2D eigenvalue weighted by molar-refractivity contribution is 0.104. The lowest BCUT2D eigenvalue weighted by Gasteiger charge is -2.42. The molecular weight excluding hydrogens is 370 g/mol. The third-order valence-electron chi connectivity index (χ3n) is 5.77. The van der Waals surface area contributed by atoms with Gasteiger partial charge in [-0.2, -0.15) is 0 Å². The largest absolute Gasteiger partial charge is 0.289 e. The van der Waals surface area contributed by atoms with Crippen LogP contribution in [0.15, 0.2) is 53.4 Å². The van der Waals surface area contributed by atoms with Gasteiger partial charge in [0.15, 0.2) is 5.78 Å². The Morgan fingerprint density at radius 1 is 0.929 bits per heavy atom. The molecule has 0 saturated heterocycles. The number of primary sulfonamides is 1. The van der Waals surface area contributed by atoms with Crippen molar-refractivity contribution in [1.29, 1.82) is 0 Å². The predicted molar refractivity (Wildman–Crippen MR) is 113 cm³/mol. The van der Waals surface area contributed by atoms with Gasteiger partial charge in [0.2, 0.25) is 10.0 Å². The van der Waals surface area contributed by atoms with Crippen LogP contribution < -0.4 is 5.14 Å². The van der Waals surface area contributed by atoms with E-state index in [-0.39, 0.29) is 21.5 Å². The first-order valence-corrected chi connectivity index (χ1v) is 11.0. The maximum atomic E-state index is 12.7. The van der Waals surface area contributed by atoms with Gasteiger partial charge in [-0.15, -0.1) is 0 Å². The second kappa shape index (κ2) is 6.98. The van der Waals surface area contributed by atoms with Gasteiger partial charge in [-0.05, 0) is 64.6 Å². The number of allylic oxidation sites excluding steroid dienone is 1. The van der Waals surface area contributed by atoms with Gasteiger partial charge in [-0.3, -0.25) is 4.79 Å². The molecule has 2 N–H and O–H groups in total. The van der Waals surface area contributed by atoms with Gasteiger partial charge in [0, 0.05) is 5.56 Å². The molecule has 0 unspecified atom stereocenters. The lowest BCUT2D eigenvalue weighted by Crippen LogP contribution is -2.34. The molecule has 0 fully saturated rings. The molecule has 0 heterocycles. The van der Waals surface area contributed by atoms with E-state index in [2.05, 4.69) is 33.8 Å². The molecule has 0 aromatic heterocycles. The molecule has 0 atom stereocenters. The summed E-state index contributed by atoms with van der Waals surface area (Å²) in [7, 11) is -3.71. The van der Waals surface area contributed by atoms with Crippen molar-refractivity contribution < 1.29 is 13.2 Å². The number of sulfonamides is 1. The van der Waals surface area contributed by atoms with E-state index in [0.29, 0.717) is 5.56 Å². The van der Waals surface area contributed by atoms with Gasteiger partial charge >= 0.3 is 0 Å². The van der Waals surface area contributed by atoms with Gasteiger partial charge in [-0.1, -0.05) is 58.0 Å². The maximum Gasteiger partial charge on any atom is 0.238 e. The average Bonchev–Trinajstić information content (AvgIpc) is 2.63. The van der Waals surface area contributed by atoms with Gasteiger partial charge in [0.1, 0.15) is 0 Å². The minimum atomic E-state index is -3.71. The molecule has 28 heavy (non-hydrogen) atoms. The fraction of sp³-hybridized carbons (Fsp3) is 0.348. The Kier molecular flexibility index (Phi) is 5.11. The zero-order valence-electron chi connectivity index (χ0n) is 16.8. The number of benzene rings is 2. The van der Waals surface area contributed by atoms with Crippen LogP contribution in [0.1, 0.15) is 67.6 Å². The summed E-state index contributed by atoms with van der Waals surface area (Å²) in [5.74, 6) is -0.0718. The molecule has 4 nitrogen and oxygen atoms in total. The van der Waals surface area contributed by atoms with Crippen LogP contribution >= 0.6 is 0 Å². The second-order valence-corrected chi connectivity index (χ2v) is 10.4. The van der Waals surface area contributed by atoms with Crippen molar-refractivity contribution in [2.24, 2.45) is 5.14 Å². The summed E-state index contributed by atoms with van der Waals surface area (Å²) in [6.07, 6.45) is 5.43. The van der Waals surface area contributed by atoms with Crippen LogP contribution in [0.4, 0.5) is 0 Å². The van der Waals surface area contributed by atoms with Crippen LogP contribution in [0.3, 0.4) is 0 Å². The number of nitrogens with two attached hydrogens (primary N) is 1. The summed E-state index contributed by atoms with van der Waals surface area (Å²) < 4.78 is 22.6. The molecule has 2 aromatic carbocycles. The number of ketones is 1. The quantitative estimate of drug-likeness (QED) is 0.606. The Hall–Kier alpha value is -2.24. The number of rotatable bonds is 4. The van der Waals surface area contributed by atoms with E-state index in [1.54, 1.807) is 18.2 Å². The third-order valence-corrected chi connectivity index (χ3v) is 6.70. The predicted octanol–water partition coefficient (Wildman–Crippen LogP) is 4.58. The molecule has 0 spiro atoms. The maximum absolute atomic E-state index is 12.7. The van der Waals surface area contributed by atoms with Crippen molar-refractivity contribution in [2.45, 2.75) is 56.3 Å². The Morgan fingerprint density at radius 2 is 1.50 bits per heavy atom. The van der Waals surface area contributed by atoms with Gasteiger partial charge in [0.05, 0.1) is 4.90 Å². The first-order chi connectivity index (χ1) is 12.9. The van der Waals surface area contributed by atoms with E-state index < -0.39 is 10.0 Å². The summed E-state index contributed by atoms with van der Waals surface area (Å²) in [6, 6.07) is 12.2. The van der Waals surface area contributed by atoms with E-state index in [9.17, 15) is 13.2 Å². The molecule has 1 aliphatic carbocycles. The fourth-order valence-corrected chi connectivity index (χ4v) is 4.29. The van der Waals surface area contributed by atoms with Crippen molar-refractivity contribution in [2.75, 3.05) is 0 Å². The van der Waals surface area contributed by atoms with E-state index in [4.69, 9.17) is 5.14 Å². The highest BCUT2D eigenvalue weighted by atomic mass is 32.2. The molecule has 0 saturated carbocycles. The highest BCUT2D eigenvalue weighted by Crippen LogP contribution is 2.45. The van der Waals surface area contributed by atoms with Crippen molar-refractivity contribution in [3.8, 4) is 0 Å². The van der Waals surface area contributed by atoms with Crippen molar-refractivity contribution in [1.82, 2.24) is 0 Å². The van der Waals surface area contributed by atoms with Crippen LogP contribution in [0, 0.1) is 0 Å². The summed E-state index contributed by atoms with van der Waals surface area (Å²) in [4.78, 5) is 12.8. The van der Waals surface area contributed by atoms with E-state index >= 15 is 0 Å². The molecule has 5 heteroatoms. The summed E-state index contributed by atoms with van der Waals surface area (Å²) >= 11 is 0. The molecule has 1 aliphatic rings. The van der Waals surface area contributed by atoms with Gasteiger partial charge in [0.25, 0.3) is 0 Å². The standard InChI is InChI=1S/C23H27NO3S/c1-22(2)13-14-23(3,4)20-15-17(8-11-19(20)22)21(25)12-7-16-5-9-18(10-6-16)28(24,26)27/h5-12,15H,13-14H2,1-4H3,(H2,24,26,27). The lowest BCUT2D eigenvalue weighted by atomic mass is 9.63. The van der Waals surface area contributed by atoms with Crippen LogP contribution in [0.25, 0.3) is 6.08 Å². The van der Waals surface area contributed by atoms with Crippen LogP contribution in [0.2, 0.25) is 0 Å². The summed E-state index contributed by atoms with van der Waals surface area (Å²) in [6.45, 7) is 8.98. The number of fused-ring (bicyclic) bond motifs is 1. The molecule has 0 amide bonds. The summed E-state index contributed by atoms with van der Waals surface area (Å²) in [5.41, 5.74) is 4.15.